The molecule has 8 heteroatoms. The van der Waals surface area contributed by atoms with E-state index >= 15 is 0 Å². The quantitative estimate of drug-likeness (QED) is 0.380. The van der Waals surface area contributed by atoms with E-state index < -0.39 is 0 Å². The van der Waals surface area contributed by atoms with Crippen molar-refractivity contribution in [3.8, 4) is 0 Å². The second-order valence-corrected chi connectivity index (χ2v) is 5.85. The van der Waals surface area contributed by atoms with E-state index in [1.54, 1.807) is 0 Å². The van der Waals surface area contributed by atoms with Gasteiger partial charge in [0.1, 0.15) is 0 Å². The average molecular weight is 260 g/mol. The molecule has 4 aliphatic rings. The largest absolute Gasteiger partial charge is 0.379 e. The molecule has 0 heterocycles. The Labute approximate surface area is 105 Å². The summed E-state index contributed by atoms with van der Waals surface area (Å²) in [7, 11) is 0. The van der Waals surface area contributed by atoms with E-state index in [1.165, 1.54) is 42.8 Å². The van der Waals surface area contributed by atoms with E-state index in [4.69, 9.17) is 31.7 Å². The fourth-order valence-corrected chi connectivity index (χ4v) is 4.41. The third-order valence-electron chi connectivity index (χ3n) is 4.15. The van der Waals surface area contributed by atoms with Crippen molar-refractivity contribution in [1.82, 2.24) is 0 Å². The van der Waals surface area contributed by atoms with E-state index in [9.17, 15) is 0 Å². The summed E-state index contributed by atoms with van der Waals surface area (Å²) in [5, 5.41) is 15.8. The van der Waals surface area contributed by atoms with Gasteiger partial charge in [-0.05, 0) is 50.4 Å². The van der Waals surface area contributed by atoms with Crippen LogP contribution in [0.4, 0.5) is 0 Å². The molecule has 0 aromatic heterocycles. The van der Waals surface area contributed by atoms with Gasteiger partial charge in [0.15, 0.2) is 10.7 Å². The van der Waals surface area contributed by atoms with Crippen LogP contribution in [0, 0.1) is 21.6 Å². The van der Waals surface area contributed by atoms with Crippen molar-refractivity contribution in [3.63, 3.8) is 0 Å². The average Bonchev–Trinajstić information content (AvgIpc) is 2.13. The van der Waals surface area contributed by atoms with E-state index in [1.807, 2.05) is 0 Å². The molecule has 0 aromatic carbocycles. The van der Waals surface area contributed by atoms with Crippen molar-refractivity contribution in [3.05, 3.63) is 9.81 Å². The highest BCUT2D eigenvalue weighted by atomic mass is 16.6. The number of nitrogens with zero attached hydrogens (tertiary/aromatic N) is 2. The Hall–Kier alpha value is -1.28. The van der Waals surface area contributed by atoms with Gasteiger partial charge >= 0.3 is 0 Å². The molecule has 104 valence electrons. The molecule has 0 radical (unpaired) electrons. The first-order valence-electron chi connectivity index (χ1n) is 5.91. The van der Waals surface area contributed by atoms with E-state index in [2.05, 4.69) is 0 Å². The minimum atomic E-state index is 0.138. The Bertz CT molecular complexity index is 272. The van der Waals surface area contributed by atoms with Gasteiger partial charge in [0.25, 0.3) is 0 Å². The molecule has 4 rings (SSSR count). The number of rotatable bonds is 0. The van der Waals surface area contributed by atoms with Crippen LogP contribution >= 0.6 is 0 Å². The summed E-state index contributed by atoms with van der Waals surface area (Å²) in [6.07, 6.45) is 7.51. The van der Waals surface area contributed by atoms with Crippen LogP contribution in [-0.4, -0.2) is 21.5 Å². The zero-order valence-electron chi connectivity index (χ0n) is 10.2. The minimum absolute atomic E-state index is 0.138. The second kappa shape index (κ2) is 5.57. The van der Waals surface area contributed by atoms with Crippen molar-refractivity contribution in [2.75, 3.05) is 0 Å². The zero-order valence-corrected chi connectivity index (χ0v) is 10.2. The Morgan fingerprint density at radius 3 is 1.39 bits per heavy atom. The third-order valence-corrected chi connectivity index (χ3v) is 4.15. The molecule has 0 saturated heterocycles. The van der Waals surface area contributed by atoms with Crippen molar-refractivity contribution < 1.29 is 10.4 Å². The molecule has 6 N–H and O–H groups in total. The van der Waals surface area contributed by atoms with E-state index in [0.717, 1.165) is 18.3 Å². The molecule has 4 saturated carbocycles. The van der Waals surface area contributed by atoms with Gasteiger partial charge in [0.2, 0.25) is 0 Å². The summed E-state index contributed by atoms with van der Waals surface area (Å²) < 4.78 is 0. The molecule has 4 fully saturated rings. The highest BCUT2D eigenvalue weighted by molar-refractivity contribution is 5.13. The first-order valence-corrected chi connectivity index (χ1v) is 5.91. The molecule has 0 unspecified atom stereocenters. The van der Waals surface area contributed by atoms with Crippen LogP contribution in [0.5, 0.6) is 0 Å². The molecular formula is C10H20N4O4. The maximum atomic E-state index is 8.11. The van der Waals surface area contributed by atoms with Crippen LogP contribution in [0.25, 0.3) is 0 Å². The smallest absolute Gasteiger partial charge is 0.152 e. The fraction of sp³-hybridized carbons (Fsp3) is 1.00. The molecule has 0 aromatic rings. The van der Waals surface area contributed by atoms with E-state index in [-0.39, 0.29) is 11.1 Å². The van der Waals surface area contributed by atoms with Crippen molar-refractivity contribution in [2.45, 2.75) is 49.6 Å². The number of hydrogen-bond acceptors (Lipinski definition) is 6. The van der Waals surface area contributed by atoms with Gasteiger partial charge in [-0.3, -0.25) is 0 Å². The topological polar surface area (TPSA) is 151 Å². The van der Waals surface area contributed by atoms with Gasteiger partial charge in [-0.2, -0.15) is 0 Å². The predicted molar refractivity (Wildman–Crippen MR) is 63.7 cm³/mol. The molecular weight excluding hydrogens is 240 g/mol. The summed E-state index contributed by atoms with van der Waals surface area (Å²) in [6, 6.07) is 0. The lowest BCUT2D eigenvalue weighted by molar-refractivity contribution is -0.0173. The Morgan fingerprint density at radius 2 is 1.17 bits per heavy atom. The SMILES string of the molecule is NC12CC3CC(C1)CC(N)(C3)C2.O=NO.O=NO. The van der Waals surface area contributed by atoms with Gasteiger partial charge in [0.05, 0.1) is 0 Å². The maximum absolute atomic E-state index is 8.11. The van der Waals surface area contributed by atoms with Crippen molar-refractivity contribution >= 4 is 0 Å². The first kappa shape index (κ1) is 14.8. The van der Waals surface area contributed by atoms with Gasteiger partial charge in [-0.25, -0.2) is 0 Å². The lowest BCUT2D eigenvalue weighted by Gasteiger charge is -2.59. The Morgan fingerprint density at radius 1 is 0.889 bits per heavy atom. The summed E-state index contributed by atoms with van der Waals surface area (Å²) in [6.45, 7) is 0. The lowest BCUT2D eigenvalue weighted by atomic mass is 9.50. The summed E-state index contributed by atoms with van der Waals surface area (Å²) in [4.78, 5) is 16.2. The molecule has 8 nitrogen and oxygen atoms in total. The number of hydrogen-bond donors (Lipinski definition) is 4. The van der Waals surface area contributed by atoms with Crippen LogP contribution in [-0.2, 0) is 0 Å². The molecule has 4 bridgehead atoms. The molecule has 0 aliphatic heterocycles. The van der Waals surface area contributed by atoms with Crippen molar-refractivity contribution in [2.24, 2.45) is 34.0 Å². The summed E-state index contributed by atoms with van der Waals surface area (Å²) in [5.74, 6) is 1.72. The molecule has 4 aliphatic carbocycles. The van der Waals surface area contributed by atoms with Gasteiger partial charge in [-0.15, -0.1) is 9.81 Å². The van der Waals surface area contributed by atoms with Gasteiger partial charge in [0, 0.05) is 11.1 Å². The highest BCUT2D eigenvalue weighted by Gasteiger charge is 2.54. The van der Waals surface area contributed by atoms with Crippen LogP contribution in [0.1, 0.15) is 38.5 Å². The zero-order chi connectivity index (χ0) is 13.8. The molecule has 18 heavy (non-hydrogen) atoms. The van der Waals surface area contributed by atoms with Crippen LogP contribution in [0.2, 0.25) is 0 Å². The van der Waals surface area contributed by atoms with Crippen LogP contribution < -0.4 is 11.5 Å². The third kappa shape index (κ3) is 3.36. The first-order chi connectivity index (χ1) is 8.40. The normalized spacial score (nSPS) is 43.0. The molecule has 0 amide bonds. The summed E-state index contributed by atoms with van der Waals surface area (Å²) >= 11 is 0. The lowest BCUT2D eigenvalue weighted by Crippen LogP contribution is -2.66. The van der Waals surface area contributed by atoms with Crippen LogP contribution in [0.3, 0.4) is 0 Å². The maximum Gasteiger partial charge on any atom is 0.152 e. The Balaban J connectivity index is 0.000000234. The monoisotopic (exact) mass is 260 g/mol. The number of nitrogens with two attached hydrogens (primary N) is 2. The highest BCUT2D eigenvalue weighted by Crippen LogP contribution is 2.55. The Kier molecular flexibility index (Phi) is 4.58. The minimum Gasteiger partial charge on any atom is -0.379 e. The second-order valence-electron chi connectivity index (χ2n) is 5.85. The predicted octanol–water partition coefficient (Wildman–Crippen LogP) is 1.28. The summed E-state index contributed by atoms with van der Waals surface area (Å²) in [5.41, 5.74) is 12.9. The van der Waals surface area contributed by atoms with Crippen molar-refractivity contribution in [1.29, 1.82) is 0 Å². The standard InChI is InChI=1S/C10H18N2.2HNO2/c11-9-2-7-1-8(4-9)5-10(12,3-7)6-9;2*2-1-3/h7-8H,1-6,11-12H2;2*(H,2,3). The van der Waals surface area contributed by atoms with Crippen LogP contribution in [0.15, 0.2) is 10.7 Å². The van der Waals surface area contributed by atoms with Gasteiger partial charge in [-0.1, -0.05) is 0 Å². The molecule has 0 spiro atoms. The van der Waals surface area contributed by atoms with E-state index in [0.29, 0.717) is 0 Å². The molecule has 0 atom stereocenters. The fourth-order valence-electron chi connectivity index (χ4n) is 4.41. The van der Waals surface area contributed by atoms with Gasteiger partial charge < -0.3 is 21.9 Å².